The Balaban J connectivity index is 1.91. The van der Waals surface area contributed by atoms with Crippen LogP contribution in [0.2, 0.25) is 0 Å². The lowest BCUT2D eigenvalue weighted by molar-refractivity contribution is -0.133. The summed E-state index contributed by atoms with van der Waals surface area (Å²) in [5.74, 6) is 0.801. The molecule has 0 bridgehead atoms. The third kappa shape index (κ3) is 5.30. The van der Waals surface area contributed by atoms with E-state index in [-0.39, 0.29) is 11.9 Å². The number of methoxy groups -OCH3 is 1. The van der Waals surface area contributed by atoms with E-state index < -0.39 is 6.04 Å². The van der Waals surface area contributed by atoms with Crippen LogP contribution >= 0.6 is 11.8 Å². The molecule has 3 amide bonds. The monoisotopic (exact) mass is 379 g/mol. The van der Waals surface area contributed by atoms with E-state index in [9.17, 15) is 9.59 Å². The SMILES string of the molecule is COc1cc(CN(C)C(=O)N[C@H](C)C(=O)N2CCCCC2)ccc1SC. The van der Waals surface area contributed by atoms with Crippen molar-refractivity contribution in [2.24, 2.45) is 0 Å². The minimum atomic E-state index is -0.517. The summed E-state index contributed by atoms with van der Waals surface area (Å²) in [4.78, 5) is 29.4. The smallest absolute Gasteiger partial charge is 0.318 e. The Kier molecular flexibility index (Phi) is 7.63. The number of carbonyl (C=O) groups is 2. The molecule has 26 heavy (non-hydrogen) atoms. The highest BCUT2D eigenvalue weighted by Gasteiger charge is 2.24. The topological polar surface area (TPSA) is 61.9 Å². The molecule has 0 radical (unpaired) electrons. The van der Waals surface area contributed by atoms with Crippen molar-refractivity contribution in [2.45, 2.75) is 43.7 Å². The second kappa shape index (κ2) is 9.71. The van der Waals surface area contributed by atoms with Crippen molar-refractivity contribution in [3.63, 3.8) is 0 Å². The maximum atomic E-state index is 12.4. The number of likely N-dealkylation sites (tertiary alicyclic amines) is 1. The zero-order valence-corrected chi connectivity index (χ0v) is 16.9. The fourth-order valence-corrected chi connectivity index (χ4v) is 3.62. The van der Waals surface area contributed by atoms with Gasteiger partial charge in [0.2, 0.25) is 5.91 Å². The summed E-state index contributed by atoms with van der Waals surface area (Å²) < 4.78 is 5.39. The van der Waals surface area contributed by atoms with Crippen LogP contribution < -0.4 is 10.1 Å². The van der Waals surface area contributed by atoms with Crippen LogP contribution in [0.3, 0.4) is 0 Å². The first-order valence-corrected chi connectivity index (χ1v) is 10.2. The molecule has 0 aromatic heterocycles. The van der Waals surface area contributed by atoms with Crippen LogP contribution in [0.4, 0.5) is 4.79 Å². The molecule has 144 valence electrons. The molecule has 7 heteroatoms. The maximum Gasteiger partial charge on any atom is 0.318 e. The van der Waals surface area contributed by atoms with E-state index in [2.05, 4.69) is 5.32 Å². The Morgan fingerprint density at radius 2 is 2.00 bits per heavy atom. The molecule has 1 fully saturated rings. The Bertz CT molecular complexity index is 632. The molecule has 1 aromatic rings. The second-order valence-electron chi connectivity index (χ2n) is 6.60. The van der Waals surface area contributed by atoms with Crippen LogP contribution in [-0.4, -0.2) is 61.3 Å². The predicted octanol–water partition coefficient (Wildman–Crippen LogP) is 2.96. The van der Waals surface area contributed by atoms with Gasteiger partial charge in [-0.3, -0.25) is 4.79 Å². The van der Waals surface area contributed by atoms with E-state index in [4.69, 9.17) is 4.74 Å². The van der Waals surface area contributed by atoms with Crippen LogP contribution in [0.5, 0.6) is 5.75 Å². The molecule has 0 saturated carbocycles. The molecule has 1 aliphatic heterocycles. The highest BCUT2D eigenvalue weighted by molar-refractivity contribution is 7.98. The van der Waals surface area contributed by atoms with Crippen molar-refractivity contribution in [1.82, 2.24) is 15.1 Å². The van der Waals surface area contributed by atoms with Gasteiger partial charge >= 0.3 is 6.03 Å². The summed E-state index contributed by atoms with van der Waals surface area (Å²) in [6.07, 6.45) is 5.25. The quantitative estimate of drug-likeness (QED) is 0.772. The van der Waals surface area contributed by atoms with E-state index in [1.165, 1.54) is 6.42 Å². The van der Waals surface area contributed by atoms with Gasteiger partial charge in [0.25, 0.3) is 0 Å². The van der Waals surface area contributed by atoms with Gasteiger partial charge in [-0.15, -0.1) is 11.8 Å². The number of thioether (sulfide) groups is 1. The number of carbonyl (C=O) groups excluding carboxylic acids is 2. The number of hydrogen-bond acceptors (Lipinski definition) is 4. The lowest BCUT2D eigenvalue weighted by atomic mass is 10.1. The van der Waals surface area contributed by atoms with Crippen LogP contribution in [0, 0.1) is 0 Å². The van der Waals surface area contributed by atoms with Gasteiger partial charge in [0, 0.05) is 31.6 Å². The average molecular weight is 380 g/mol. The Labute approximate surface area is 160 Å². The molecular formula is C19H29N3O3S. The molecule has 1 aromatic carbocycles. The number of amides is 3. The van der Waals surface area contributed by atoms with Gasteiger partial charge in [0.15, 0.2) is 0 Å². The van der Waals surface area contributed by atoms with Crippen molar-refractivity contribution in [3.05, 3.63) is 23.8 Å². The fourth-order valence-electron chi connectivity index (χ4n) is 3.07. The summed E-state index contributed by atoms with van der Waals surface area (Å²) in [5, 5.41) is 2.81. The largest absolute Gasteiger partial charge is 0.496 e. The minimum absolute atomic E-state index is 0.00237. The summed E-state index contributed by atoms with van der Waals surface area (Å²) in [5.41, 5.74) is 0.979. The molecule has 1 atom stereocenters. The van der Waals surface area contributed by atoms with Crippen molar-refractivity contribution in [2.75, 3.05) is 33.5 Å². The van der Waals surface area contributed by atoms with E-state index in [1.54, 1.807) is 37.7 Å². The van der Waals surface area contributed by atoms with Gasteiger partial charge in [-0.1, -0.05) is 6.07 Å². The van der Waals surface area contributed by atoms with Gasteiger partial charge in [-0.25, -0.2) is 4.79 Å². The number of ether oxygens (including phenoxy) is 1. The summed E-state index contributed by atoms with van der Waals surface area (Å²) >= 11 is 1.62. The highest BCUT2D eigenvalue weighted by atomic mass is 32.2. The number of nitrogens with one attached hydrogen (secondary N) is 1. The van der Waals surface area contributed by atoms with Crippen molar-refractivity contribution < 1.29 is 14.3 Å². The van der Waals surface area contributed by atoms with Gasteiger partial charge in [-0.05, 0) is 50.1 Å². The van der Waals surface area contributed by atoms with Crippen molar-refractivity contribution in [1.29, 1.82) is 0 Å². The molecule has 1 saturated heterocycles. The predicted molar refractivity (Wildman–Crippen MR) is 105 cm³/mol. The number of benzene rings is 1. The number of rotatable bonds is 6. The van der Waals surface area contributed by atoms with Gasteiger partial charge in [0.1, 0.15) is 11.8 Å². The van der Waals surface area contributed by atoms with Gasteiger partial charge < -0.3 is 19.9 Å². The van der Waals surface area contributed by atoms with E-state index >= 15 is 0 Å². The zero-order chi connectivity index (χ0) is 19.1. The standard InChI is InChI=1S/C19H29N3O3S/c1-14(18(23)22-10-6-5-7-11-22)20-19(24)21(2)13-15-8-9-17(26-4)16(12-15)25-3/h8-9,12,14H,5-7,10-11,13H2,1-4H3,(H,20,24)/t14-/m1/s1. The molecule has 1 heterocycles. The lowest BCUT2D eigenvalue weighted by Gasteiger charge is -2.30. The summed E-state index contributed by atoms with van der Waals surface area (Å²) in [6, 6.07) is 5.15. The zero-order valence-electron chi connectivity index (χ0n) is 16.1. The molecule has 0 spiro atoms. The number of nitrogens with zero attached hydrogens (tertiary/aromatic N) is 2. The first-order chi connectivity index (χ1) is 12.5. The summed E-state index contributed by atoms with van der Waals surface area (Å²) in [6.45, 7) is 3.77. The fraction of sp³-hybridized carbons (Fsp3) is 0.579. The van der Waals surface area contributed by atoms with Crippen molar-refractivity contribution in [3.8, 4) is 5.75 Å². The van der Waals surface area contributed by atoms with E-state index in [0.29, 0.717) is 6.54 Å². The molecule has 6 nitrogen and oxygen atoms in total. The number of piperidine rings is 1. The highest BCUT2D eigenvalue weighted by Crippen LogP contribution is 2.28. The molecule has 1 N–H and O–H groups in total. The summed E-state index contributed by atoms with van der Waals surface area (Å²) in [7, 11) is 3.37. The first kappa shape index (κ1) is 20.4. The van der Waals surface area contributed by atoms with Crippen LogP contribution in [0.1, 0.15) is 31.7 Å². The average Bonchev–Trinajstić information content (AvgIpc) is 2.67. The third-order valence-electron chi connectivity index (χ3n) is 4.59. The van der Waals surface area contributed by atoms with E-state index in [1.807, 2.05) is 29.4 Å². The second-order valence-corrected chi connectivity index (χ2v) is 7.45. The number of hydrogen-bond donors (Lipinski definition) is 1. The Morgan fingerprint density at radius 3 is 2.62 bits per heavy atom. The molecule has 2 rings (SSSR count). The van der Waals surface area contributed by atoms with Crippen molar-refractivity contribution >= 4 is 23.7 Å². The van der Waals surface area contributed by atoms with Crippen LogP contribution in [-0.2, 0) is 11.3 Å². The van der Waals surface area contributed by atoms with Gasteiger partial charge in [0.05, 0.1) is 7.11 Å². The van der Waals surface area contributed by atoms with Crippen LogP contribution in [0.15, 0.2) is 23.1 Å². The molecule has 1 aliphatic rings. The third-order valence-corrected chi connectivity index (χ3v) is 5.37. The lowest BCUT2D eigenvalue weighted by Crippen LogP contribution is -2.51. The minimum Gasteiger partial charge on any atom is -0.496 e. The van der Waals surface area contributed by atoms with Crippen LogP contribution in [0.25, 0.3) is 0 Å². The van der Waals surface area contributed by atoms with Gasteiger partial charge in [-0.2, -0.15) is 0 Å². The first-order valence-electron chi connectivity index (χ1n) is 8.97. The normalized spacial score (nSPS) is 15.3. The Hall–Kier alpha value is -1.89. The molecular weight excluding hydrogens is 350 g/mol. The molecule has 0 aliphatic carbocycles. The van der Waals surface area contributed by atoms with E-state index in [0.717, 1.165) is 42.1 Å². The number of urea groups is 1. The molecule has 0 unspecified atom stereocenters. The maximum absolute atomic E-state index is 12.4. The Morgan fingerprint density at radius 1 is 1.31 bits per heavy atom.